The standard InChI is InChI=1S/C17H22N2O4/c1-22-13-4-2-12(3-5-13)11-18-16(20)14-10-15(14)17(21)19-6-8-23-9-7-19/h2-5,14-15H,6-11H2,1H3,(H,18,20). The Kier molecular flexibility index (Phi) is 4.81. The summed E-state index contributed by atoms with van der Waals surface area (Å²) in [7, 11) is 1.62. The Bertz CT molecular complexity index is 566. The van der Waals surface area contributed by atoms with Crippen LogP contribution in [0.4, 0.5) is 0 Å². The molecule has 6 heteroatoms. The van der Waals surface area contributed by atoms with Gasteiger partial charge in [-0.2, -0.15) is 0 Å². The molecule has 0 spiro atoms. The van der Waals surface area contributed by atoms with Crippen molar-refractivity contribution in [3.8, 4) is 5.75 Å². The molecule has 2 atom stereocenters. The lowest BCUT2D eigenvalue weighted by Crippen LogP contribution is -2.42. The minimum absolute atomic E-state index is 0.0348. The number of methoxy groups -OCH3 is 1. The van der Waals surface area contributed by atoms with E-state index in [1.165, 1.54) is 0 Å². The maximum Gasteiger partial charge on any atom is 0.226 e. The molecule has 1 aliphatic heterocycles. The number of ether oxygens (including phenoxy) is 2. The molecule has 0 aromatic heterocycles. The van der Waals surface area contributed by atoms with E-state index in [0.717, 1.165) is 11.3 Å². The third kappa shape index (κ3) is 3.82. The van der Waals surface area contributed by atoms with Gasteiger partial charge in [-0.15, -0.1) is 0 Å². The summed E-state index contributed by atoms with van der Waals surface area (Å²) in [4.78, 5) is 26.3. The van der Waals surface area contributed by atoms with Gasteiger partial charge in [-0.3, -0.25) is 9.59 Å². The predicted octanol–water partition coefficient (Wildman–Crippen LogP) is 0.806. The molecule has 1 saturated carbocycles. The Hall–Kier alpha value is -2.08. The topological polar surface area (TPSA) is 67.9 Å². The second-order valence-electron chi connectivity index (χ2n) is 5.95. The lowest BCUT2D eigenvalue weighted by Gasteiger charge is -2.27. The lowest BCUT2D eigenvalue weighted by atomic mass is 10.2. The number of benzene rings is 1. The number of carbonyl (C=O) groups is 2. The molecule has 124 valence electrons. The third-order valence-corrected chi connectivity index (χ3v) is 4.39. The molecular weight excluding hydrogens is 296 g/mol. The molecular formula is C17H22N2O4. The molecule has 1 N–H and O–H groups in total. The van der Waals surface area contributed by atoms with Gasteiger partial charge in [-0.25, -0.2) is 0 Å². The Balaban J connectivity index is 1.45. The van der Waals surface area contributed by atoms with E-state index in [9.17, 15) is 9.59 Å². The van der Waals surface area contributed by atoms with E-state index in [0.29, 0.717) is 39.3 Å². The van der Waals surface area contributed by atoms with E-state index in [-0.39, 0.29) is 23.7 Å². The number of morpholine rings is 1. The molecule has 1 aromatic rings. The molecule has 2 fully saturated rings. The van der Waals surface area contributed by atoms with Gasteiger partial charge in [-0.1, -0.05) is 12.1 Å². The normalized spacial score (nSPS) is 23.3. The van der Waals surface area contributed by atoms with Gasteiger partial charge in [0.1, 0.15) is 5.75 Å². The molecule has 2 amide bonds. The van der Waals surface area contributed by atoms with Crippen LogP contribution in [0.3, 0.4) is 0 Å². The monoisotopic (exact) mass is 318 g/mol. The van der Waals surface area contributed by atoms with Crippen LogP contribution in [0.15, 0.2) is 24.3 Å². The first-order valence-electron chi connectivity index (χ1n) is 7.96. The molecule has 2 unspecified atom stereocenters. The van der Waals surface area contributed by atoms with Crippen LogP contribution in [0.1, 0.15) is 12.0 Å². The van der Waals surface area contributed by atoms with Gasteiger partial charge in [0, 0.05) is 19.6 Å². The zero-order valence-corrected chi connectivity index (χ0v) is 13.3. The van der Waals surface area contributed by atoms with E-state index in [2.05, 4.69) is 5.32 Å². The van der Waals surface area contributed by atoms with Gasteiger partial charge >= 0.3 is 0 Å². The average molecular weight is 318 g/mol. The van der Waals surface area contributed by atoms with Crippen molar-refractivity contribution in [3.63, 3.8) is 0 Å². The van der Waals surface area contributed by atoms with E-state index >= 15 is 0 Å². The fourth-order valence-corrected chi connectivity index (χ4v) is 2.84. The molecule has 1 saturated heterocycles. The zero-order chi connectivity index (χ0) is 16.2. The van der Waals surface area contributed by atoms with Crippen LogP contribution in [0.5, 0.6) is 5.75 Å². The number of rotatable bonds is 5. The molecule has 1 aliphatic carbocycles. The number of carbonyl (C=O) groups excluding carboxylic acids is 2. The summed E-state index contributed by atoms with van der Waals surface area (Å²) in [6.07, 6.45) is 0.657. The minimum atomic E-state index is -0.177. The summed E-state index contributed by atoms with van der Waals surface area (Å²) in [5, 5.41) is 2.91. The molecule has 0 radical (unpaired) electrons. The maximum atomic E-state index is 12.3. The largest absolute Gasteiger partial charge is 0.497 e. The van der Waals surface area contributed by atoms with Crippen molar-refractivity contribution in [1.29, 1.82) is 0 Å². The fourth-order valence-electron chi connectivity index (χ4n) is 2.84. The summed E-state index contributed by atoms with van der Waals surface area (Å²) in [6, 6.07) is 7.57. The van der Waals surface area contributed by atoms with Gasteiger partial charge in [0.25, 0.3) is 0 Å². The SMILES string of the molecule is COc1ccc(CNC(=O)C2CC2C(=O)N2CCOCC2)cc1. The predicted molar refractivity (Wildman–Crippen MR) is 83.8 cm³/mol. The number of nitrogens with one attached hydrogen (secondary N) is 1. The second-order valence-corrected chi connectivity index (χ2v) is 5.95. The zero-order valence-electron chi connectivity index (χ0n) is 13.3. The summed E-state index contributed by atoms with van der Waals surface area (Å²) >= 11 is 0. The molecule has 1 aromatic carbocycles. The van der Waals surface area contributed by atoms with E-state index < -0.39 is 0 Å². The minimum Gasteiger partial charge on any atom is -0.497 e. The van der Waals surface area contributed by atoms with Crippen LogP contribution < -0.4 is 10.1 Å². The lowest BCUT2D eigenvalue weighted by molar-refractivity contribution is -0.138. The summed E-state index contributed by atoms with van der Waals surface area (Å²) in [5.41, 5.74) is 1.01. The number of nitrogens with zero attached hydrogens (tertiary/aromatic N) is 1. The van der Waals surface area contributed by atoms with Gasteiger partial charge < -0.3 is 19.7 Å². The summed E-state index contributed by atoms with van der Waals surface area (Å²) in [5.74, 6) is 0.524. The number of hydrogen-bond donors (Lipinski definition) is 1. The van der Waals surface area contributed by atoms with Gasteiger partial charge in [0.2, 0.25) is 11.8 Å². The van der Waals surface area contributed by atoms with Crippen LogP contribution in [0.2, 0.25) is 0 Å². The second kappa shape index (κ2) is 7.00. The van der Waals surface area contributed by atoms with Crippen molar-refractivity contribution >= 4 is 11.8 Å². The first kappa shape index (κ1) is 15.8. The molecule has 3 rings (SSSR count). The first-order valence-corrected chi connectivity index (χ1v) is 7.96. The quantitative estimate of drug-likeness (QED) is 0.872. The van der Waals surface area contributed by atoms with Crippen molar-refractivity contribution in [2.75, 3.05) is 33.4 Å². The first-order chi connectivity index (χ1) is 11.2. The number of amides is 2. The van der Waals surface area contributed by atoms with Crippen LogP contribution in [-0.4, -0.2) is 50.1 Å². The van der Waals surface area contributed by atoms with Crippen LogP contribution in [0.25, 0.3) is 0 Å². The molecule has 6 nitrogen and oxygen atoms in total. The van der Waals surface area contributed by atoms with Crippen molar-refractivity contribution in [1.82, 2.24) is 10.2 Å². The molecule has 0 bridgehead atoms. The Morgan fingerprint density at radius 3 is 2.57 bits per heavy atom. The van der Waals surface area contributed by atoms with Gasteiger partial charge in [0.05, 0.1) is 32.2 Å². The van der Waals surface area contributed by atoms with E-state index in [1.54, 1.807) is 7.11 Å². The van der Waals surface area contributed by atoms with Crippen molar-refractivity contribution < 1.29 is 19.1 Å². The highest BCUT2D eigenvalue weighted by Gasteiger charge is 2.49. The van der Waals surface area contributed by atoms with Crippen molar-refractivity contribution in [2.24, 2.45) is 11.8 Å². The summed E-state index contributed by atoms with van der Waals surface area (Å²) in [6.45, 7) is 2.92. The van der Waals surface area contributed by atoms with Gasteiger partial charge in [-0.05, 0) is 24.1 Å². The smallest absolute Gasteiger partial charge is 0.226 e. The average Bonchev–Trinajstić information content (AvgIpc) is 3.41. The van der Waals surface area contributed by atoms with E-state index in [1.807, 2.05) is 29.2 Å². The summed E-state index contributed by atoms with van der Waals surface area (Å²) < 4.78 is 10.3. The van der Waals surface area contributed by atoms with Crippen molar-refractivity contribution in [2.45, 2.75) is 13.0 Å². The Labute approximate surface area is 135 Å². The molecule has 23 heavy (non-hydrogen) atoms. The fraction of sp³-hybridized carbons (Fsp3) is 0.529. The highest BCUT2D eigenvalue weighted by molar-refractivity contribution is 5.92. The highest BCUT2D eigenvalue weighted by atomic mass is 16.5. The van der Waals surface area contributed by atoms with Crippen LogP contribution in [0, 0.1) is 11.8 Å². The third-order valence-electron chi connectivity index (χ3n) is 4.39. The van der Waals surface area contributed by atoms with Crippen LogP contribution >= 0.6 is 0 Å². The molecule has 2 aliphatic rings. The number of hydrogen-bond acceptors (Lipinski definition) is 4. The van der Waals surface area contributed by atoms with Crippen LogP contribution in [-0.2, 0) is 20.9 Å². The van der Waals surface area contributed by atoms with E-state index in [4.69, 9.17) is 9.47 Å². The Morgan fingerprint density at radius 2 is 1.91 bits per heavy atom. The molecule has 1 heterocycles. The van der Waals surface area contributed by atoms with Gasteiger partial charge in [0.15, 0.2) is 0 Å². The Morgan fingerprint density at radius 1 is 1.22 bits per heavy atom. The highest BCUT2D eigenvalue weighted by Crippen LogP contribution is 2.40. The maximum absolute atomic E-state index is 12.3. The van der Waals surface area contributed by atoms with Crippen molar-refractivity contribution in [3.05, 3.63) is 29.8 Å².